The van der Waals surface area contributed by atoms with Gasteiger partial charge in [-0.2, -0.15) is 4.37 Å². The number of nitrogens with zero attached hydrogens (tertiary/aromatic N) is 3. The van der Waals surface area contributed by atoms with E-state index in [-0.39, 0.29) is 0 Å². The minimum Gasteiger partial charge on any atom is -0.309 e. The Kier molecular flexibility index (Phi) is 5.13. The molecule has 0 unspecified atom stereocenters. The summed E-state index contributed by atoms with van der Waals surface area (Å²) in [6.45, 7) is 0. The Labute approximate surface area is 204 Å². The van der Waals surface area contributed by atoms with E-state index in [1.54, 1.807) is 0 Å². The standard InChI is InChI=1S/C28H18BrN3S/c29-28-30-27(31-33-28)21-15-17-22(18-16-21)32(25-13-5-9-19-7-1-3-11-23(19)25)26-14-6-10-20-8-2-4-12-24(20)26/h1-18H. The van der Waals surface area contributed by atoms with Gasteiger partial charge < -0.3 is 4.90 Å². The number of halogens is 1. The molecule has 5 aromatic carbocycles. The number of rotatable bonds is 4. The Hall–Kier alpha value is -3.54. The average molecular weight is 508 g/mol. The van der Waals surface area contributed by atoms with Crippen LogP contribution in [0, 0.1) is 0 Å². The molecule has 0 spiro atoms. The first kappa shape index (κ1) is 20.1. The van der Waals surface area contributed by atoms with E-state index in [0.29, 0.717) is 0 Å². The van der Waals surface area contributed by atoms with Crippen molar-refractivity contribution in [1.82, 2.24) is 9.36 Å². The van der Waals surface area contributed by atoms with E-state index < -0.39 is 0 Å². The zero-order valence-corrected chi connectivity index (χ0v) is 19.9. The third-order valence-electron chi connectivity index (χ3n) is 5.80. The Bertz CT molecular complexity index is 1500. The zero-order valence-electron chi connectivity index (χ0n) is 17.5. The highest BCUT2D eigenvalue weighted by molar-refractivity contribution is 9.11. The van der Waals surface area contributed by atoms with Crippen molar-refractivity contribution in [2.45, 2.75) is 0 Å². The molecule has 5 heteroatoms. The van der Waals surface area contributed by atoms with Gasteiger partial charge in [0.25, 0.3) is 0 Å². The van der Waals surface area contributed by atoms with Crippen LogP contribution in [0.2, 0.25) is 0 Å². The van der Waals surface area contributed by atoms with Crippen LogP contribution in [0.3, 0.4) is 0 Å². The van der Waals surface area contributed by atoms with Gasteiger partial charge in [0, 0.05) is 22.0 Å². The second-order valence-electron chi connectivity index (χ2n) is 7.75. The Morgan fingerprint density at radius 1 is 0.606 bits per heavy atom. The summed E-state index contributed by atoms with van der Waals surface area (Å²) >= 11 is 4.76. The number of anilines is 3. The first-order valence-corrected chi connectivity index (χ1v) is 12.2. The van der Waals surface area contributed by atoms with Crippen molar-refractivity contribution >= 4 is 66.1 Å². The molecule has 158 valence electrons. The molecule has 0 saturated carbocycles. The molecule has 0 amide bonds. The highest BCUT2D eigenvalue weighted by atomic mass is 79.9. The quantitative estimate of drug-likeness (QED) is 0.238. The second-order valence-corrected chi connectivity index (χ2v) is 9.78. The van der Waals surface area contributed by atoms with Gasteiger partial charge in [-0.3, -0.25) is 0 Å². The summed E-state index contributed by atoms with van der Waals surface area (Å²) in [5, 5.41) is 4.85. The van der Waals surface area contributed by atoms with Gasteiger partial charge >= 0.3 is 0 Å². The largest absolute Gasteiger partial charge is 0.309 e. The minimum absolute atomic E-state index is 0.736. The fourth-order valence-corrected chi connectivity index (χ4v) is 5.12. The highest BCUT2D eigenvalue weighted by Crippen LogP contribution is 2.42. The number of aromatic nitrogens is 2. The van der Waals surface area contributed by atoms with Gasteiger partial charge in [0.05, 0.1) is 11.4 Å². The zero-order chi connectivity index (χ0) is 22.2. The maximum atomic E-state index is 4.46. The van der Waals surface area contributed by atoms with Crippen LogP contribution in [0.15, 0.2) is 113 Å². The molecule has 6 rings (SSSR count). The molecule has 0 aliphatic rings. The molecule has 0 aliphatic heterocycles. The predicted molar refractivity (Wildman–Crippen MR) is 143 cm³/mol. The predicted octanol–water partition coefficient (Wildman–Crippen LogP) is 8.74. The van der Waals surface area contributed by atoms with Gasteiger partial charge in [0.2, 0.25) is 0 Å². The van der Waals surface area contributed by atoms with E-state index in [2.05, 4.69) is 139 Å². The molecule has 3 nitrogen and oxygen atoms in total. The molecule has 1 heterocycles. The van der Waals surface area contributed by atoms with Crippen LogP contribution in [0.5, 0.6) is 0 Å². The van der Waals surface area contributed by atoms with Crippen LogP contribution in [-0.2, 0) is 0 Å². The lowest BCUT2D eigenvalue weighted by molar-refractivity contribution is 1.28. The van der Waals surface area contributed by atoms with E-state index in [1.165, 1.54) is 33.1 Å². The molecule has 0 aliphatic carbocycles. The van der Waals surface area contributed by atoms with E-state index in [4.69, 9.17) is 0 Å². The van der Waals surface area contributed by atoms with Crippen LogP contribution in [0.4, 0.5) is 17.1 Å². The van der Waals surface area contributed by atoms with Crippen LogP contribution < -0.4 is 4.90 Å². The van der Waals surface area contributed by atoms with Crippen LogP contribution in [0.1, 0.15) is 0 Å². The summed E-state index contributed by atoms with van der Waals surface area (Å²) in [4.78, 5) is 6.81. The Morgan fingerprint density at radius 3 is 1.70 bits per heavy atom. The summed E-state index contributed by atoms with van der Waals surface area (Å²) < 4.78 is 5.22. The van der Waals surface area contributed by atoms with Gasteiger partial charge in [0.15, 0.2) is 9.74 Å². The maximum Gasteiger partial charge on any atom is 0.179 e. The van der Waals surface area contributed by atoms with Crippen LogP contribution in [-0.4, -0.2) is 9.36 Å². The third kappa shape index (κ3) is 3.69. The Morgan fingerprint density at radius 2 is 1.15 bits per heavy atom. The summed E-state index contributed by atoms with van der Waals surface area (Å²) in [7, 11) is 0. The number of hydrogen-bond donors (Lipinski definition) is 0. The lowest BCUT2D eigenvalue weighted by Crippen LogP contribution is -2.11. The van der Waals surface area contributed by atoms with Crippen LogP contribution >= 0.6 is 27.5 Å². The van der Waals surface area contributed by atoms with E-state index >= 15 is 0 Å². The molecule has 0 fully saturated rings. The molecular formula is C28H18BrN3S. The van der Waals surface area contributed by atoms with Crippen molar-refractivity contribution < 1.29 is 0 Å². The molecule has 1 aromatic heterocycles. The lowest BCUT2D eigenvalue weighted by atomic mass is 10.0. The second kappa shape index (κ2) is 8.43. The van der Waals surface area contributed by atoms with Gasteiger partial charge in [-0.15, -0.1) is 0 Å². The molecular weight excluding hydrogens is 490 g/mol. The van der Waals surface area contributed by atoms with Crippen molar-refractivity contribution in [3.05, 3.63) is 113 Å². The van der Waals surface area contributed by atoms with E-state index in [1.807, 2.05) is 0 Å². The van der Waals surface area contributed by atoms with Gasteiger partial charge in [-0.1, -0.05) is 72.8 Å². The van der Waals surface area contributed by atoms with Crippen molar-refractivity contribution in [2.75, 3.05) is 4.90 Å². The first-order chi connectivity index (χ1) is 16.3. The smallest absolute Gasteiger partial charge is 0.179 e. The fourth-order valence-electron chi connectivity index (χ4n) is 4.30. The summed E-state index contributed by atoms with van der Waals surface area (Å²) in [5.74, 6) is 0.736. The first-order valence-electron chi connectivity index (χ1n) is 10.6. The summed E-state index contributed by atoms with van der Waals surface area (Å²) in [5.41, 5.74) is 4.37. The fraction of sp³-hybridized carbons (Fsp3) is 0. The van der Waals surface area contributed by atoms with Crippen LogP contribution in [0.25, 0.3) is 32.9 Å². The number of fused-ring (bicyclic) bond motifs is 2. The molecule has 0 atom stereocenters. The SMILES string of the molecule is Brc1nc(-c2ccc(N(c3cccc4ccccc34)c3cccc4ccccc34)cc2)ns1. The average Bonchev–Trinajstić information content (AvgIpc) is 3.31. The molecule has 6 aromatic rings. The highest BCUT2D eigenvalue weighted by Gasteiger charge is 2.17. The van der Waals surface area contributed by atoms with Crippen molar-refractivity contribution in [3.8, 4) is 11.4 Å². The molecule has 0 bridgehead atoms. The molecule has 0 N–H and O–H groups in total. The number of benzene rings is 5. The van der Waals surface area contributed by atoms with E-state index in [9.17, 15) is 0 Å². The Balaban J connectivity index is 1.58. The lowest BCUT2D eigenvalue weighted by Gasteiger charge is -2.28. The van der Waals surface area contributed by atoms with Crippen molar-refractivity contribution in [2.24, 2.45) is 0 Å². The minimum atomic E-state index is 0.736. The van der Waals surface area contributed by atoms with Gasteiger partial charge in [-0.05, 0) is 74.6 Å². The molecule has 33 heavy (non-hydrogen) atoms. The maximum absolute atomic E-state index is 4.46. The molecule has 0 radical (unpaired) electrons. The van der Waals surface area contributed by atoms with E-state index in [0.717, 1.165) is 32.4 Å². The van der Waals surface area contributed by atoms with Crippen molar-refractivity contribution in [1.29, 1.82) is 0 Å². The van der Waals surface area contributed by atoms with Gasteiger partial charge in [0.1, 0.15) is 0 Å². The van der Waals surface area contributed by atoms with Crippen molar-refractivity contribution in [3.63, 3.8) is 0 Å². The topological polar surface area (TPSA) is 29.0 Å². The summed E-state index contributed by atoms with van der Waals surface area (Å²) in [6.07, 6.45) is 0. The number of hydrogen-bond acceptors (Lipinski definition) is 4. The van der Waals surface area contributed by atoms with Gasteiger partial charge in [-0.25, -0.2) is 4.98 Å². The monoisotopic (exact) mass is 507 g/mol. The summed E-state index contributed by atoms with van der Waals surface area (Å²) in [6, 6.07) is 38.5. The normalized spacial score (nSPS) is 11.2. The molecule has 0 saturated heterocycles. The third-order valence-corrected chi connectivity index (χ3v) is 6.92.